The highest BCUT2D eigenvalue weighted by Gasteiger charge is 2.39. The number of benzene rings is 8. The first-order valence-corrected chi connectivity index (χ1v) is 20.4. The summed E-state index contributed by atoms with van der Waals surface area (Å²) in [4.78, 5) is 8.64. The summed E-state index contributed by atoms with van der Waals surface area (Å²) in [6.07, 6.45) is 0. The maximum atomic E-state index is 9.90. The van der Waals surface area contributed by atoms with Gasteiger partial charge in [-0.05, 0) is 134 Å². The van der Waals surface area contributed by atoms with Crippen LogP contribution in [0, 0.1) is 17.9 Å². The summed E-state index contributed by atoms with van der Waals surface area (Å²) < 4.78 is 0. The average molecular weight is 771 g/mol. The number of rotatable bonds is 5. The van der Waals surface area contributed by atoms with Crippen LogP contribution in [0.5, 0.6) is 0 Å². The van der Waals surface area contributed by atoms with E-state index in [1.807, 2.05) is 36.4 Å². The molecule has 8 aromatic rings. The highest BCUT2D eigenvalue weighted by molar-refractivity contribution is 5.94. The lowest BCUT2D eigenvalue weighted by atomic mass is 9.73. The molecule has 0 spiro atoms. The zero-order chi connectivity index (χ0) is 41.2. The topological polar surface area (TPSA) is 34.6 Å². The van der Waals surface area contributed by atoms with E-state index in [0.717, 1.165) is 67.5 Å². The average Bonchev–Trinajstić information content (AvgIpc) is 3.29. The van der Waals surface area contributed by atoms with Crippen LogP contribution in [0.15, 0.2) is 182 Å². The summed E-state index contributed by atoms with van der Waals surface area (Å²) in [5, 5.41) is 9.90. The van der Waals surface area contributed by atoms with Crippen molar-refractivity contribution in [3.05, 3.63) is 221 Å². The van der Waals surface area contributed by atoms with Gasteiger partial charge in [0.15, 0.2) is 5.69 Å². The number of nitrogens with zero attached hydrogens (tertiary/aromatic N) is 4. The van der Waals surface area contributed by atoms with E-state index < -0.39 is 0 Å². The molecule has 0 aromatic heterocycles. The first-order valence-electron chi connectivity index (χ1n) is 20.4. The summed E-state index contributed by atoms with van der Waals surface area (Å²) in [7, 11) is 0. The molecule has 0 saturated heterocycles. The Labute approximate surface area is 352 Å². The smallest absolute Gasteiger partial charge is 0.187 e. The van der Waals surface area contributed by atoms with Crippen molar-refractivity contribution in [3.63, 3.8) is 0 Å². The number of para-hydroxylation sites is 4. The van der Waals surface area contributed by atoms with Crippen molar-refractivity contribution in [3.8, 4) is 39.4 Å². The van der Waals surface area contributed by atoms with E-state index in [1.165, 1.54) is 22.3 Å². The molecule has 286 valence electrons. The largest absolute Gasteiger partial charge is 0.310 e. The molecule has 0 unspecified atom stereocenters. The van der Waals surface area contributed by atoms with Gasteiger partial charge in [-0.2, -0.15) is 5.26 Å². The van der Waals surface area contributed by atoms with E-state index in [4.69, 9.17) is 6.57 Å². The minimum Gasteiger partial charge on any atom is -0.310 e. The SMILES string of the molecule is [C-]#[N+]c1cccc(-c2cc(-c3cccc(C#N)c3)cc(-c3cc(N4c5ccccc5C(C)(C)c5ccccc54)cc(N4c5ccccc5C(C)(C)c5ccccc54)c3)c2)c1. The van der Waals surface area contributed by atoms with Crippen LogP contribution in [-0.4, -0.2) is 0 Å². The van der Waals surface area contributed by atoms with Gasteiger partial charge in [-0.25, -0.2) is 4.85 Å². The normalized spacial score (nSPS) is 14.2. The molecule has 0 atom stereocenters. The lowest BCUT2D eigenvalue weighted by Crippen LogP contribution is -2.31. The predicted molar refractivity (Wildman–Crippen MR) is 247 cm³/mol. The monoisotopic (exact) mass is 770 g/mol. The van der Waals surface area contributed by atoms with Gasteiger partial charge in [0.1, 0.15) is 0 Å². The standard InChI is InChI=1S/C56H42N4/c1-55(2)47-20-6-10-24-51(47)59(52-25-11-7-21-48(52)55)45-33-43(34-46(35-45)60-53-26-12-8-22-49(53)56(3,4)50-23-9-13-27-54(50)60)42-30-40(38-17-14-16-37(28-38)36-57)29-41(31-42)39-18-15-19-44(32-39)58-5/h6-35H,1-4H3. The van der Waals surface area contributed by atoms with Gasteiger partial charge in [0.2, 0.25) is 0 Å². The first kappa shape index (κ1) is 36.7. The molecule has 0 bridgehead atoms. The van der Waals surface area contributed by atoms with E-state index in [-0.39, 0.29) is 10.8 Å². The molecular formula is C56H42N4. The minimum absolute atomic E-state index is 0.207. The molecule has 8 aromatic carbocycles. The Hall–Kier alpha value is -7.66. The number of hydrogen-bond donors (Lipinski definition) is 0. The van der Waals surface area contributed by atoms with Gasteiger partial charge in [-0.1, -0.05) is 131 Å². The van der Waals surface area contributed by atoms with E-state index in [1.54, 1.807) is 0 Å². The maximum absolute atomic E-state index is 9.90. The Morgan fingerprint density at radius 1 is 0.417 bits per heavy atom. The maximum Gasteiger partial charge on any atom is 0.187 e. The minimum atomic E-state index is -0.207. The Bertz CT molecular complexity index is 2800. The number of anilines is 6. The van der Waals surface area contributed by atoms with Gasteiger partial charge in [-0.15, -0.1) is 0 Å². The van der Waals surface area contributed by atoms with E-state index in [0.29, 0.717) is 11.3 Å². The van der Waals surface area contributed by atoms with Crippen LogP contribution in [0.1, 0.15) is 55.5 Å². The van der Waals surface area contributed by atoms with Crippen molar-refractivity contribution in [1.29, 1.82) is 5.26 Å². The molecule has 0 saturated carbocycles. The van der Waals surface area contributed by atoms with Crippen LogP contribution in [0.4, 0.5) is 39.8 Å². The predicted octanol–water partition coefficient (Wildman–Crippen LogP) is 15.3. The summed E-state index contributed by atoms with van der Waals surface area (Å²) in [5.41, 5.74) is 18.6. The quantitative estimate of drug-likeness (QED) is 0.164. The Kier molecular flexibility index (Phi) is 8.57. The van der Waals surface area contributed by atoms with Gasteiger partial charge in [0.05, 0.1) is 41.0 Å². The fourth-order valence-electron chi connectivity index (χ4n) is 9.57. The van der Waals surface area contributed by atoms with Crippen molar-refractivity contribution in [2.24, 2.45) is 0 Å². The lowest BCUT2D eigenvalue weighted by Gasteiger charge is -2.43. The van der Waals surface area contributed by atoms with Gasteiger partial charge < -0.3 is 9.80 Å². The Balaban J connectivity index is 1.28. The highest BCUT2D eigenvalue weighted by Crippen LogP contribution is 2.55. The number of hydrogen-bond acceptors (Lipinski definition) is 3. The Morgan fingerprint density at radius 3 is 1.23 bits per heavy atom. The van der Waals surface area contributed by atoms with E-state index >= 15 is 0 Å². The summed E-state index contributed by atoms with van der Waals surface area (Å²) in [6, 6.07) is 66.8. The molecular weight excluding hydrogens is 729 g/mol. The highest BCUT2D eigenvalue weighted by atomic mass is 15.2. The second-order valence-electron chi connectivity index (χ2n) is 16.9. The van der Waals surface area contributed by atoms with Crippen molar-refractivity contribution in [2.45, 2.75) is 38.5 Å². The van der Waals surface area contributed by atoms with Gasteiger partial charge >= 0.3 is 0 Å². The van der Waals surface area contributed by atoms with Crippen molar-refractivity contribution in [1.82, 2.24) is 0 Å². The summed E-state index contributed by atoms with van der Waals surface area (Å²) in [5.74, 6) is 0. The fraction of sp³-hybridized carbons (Fsp3) is 0.107. The van der Waals surface area contributed by atoms with Crippen LogP contribution in [-0.2, 0) is 10.8 Å². The third-order valence-electron chi connectivity index (χ3n) is 12.6. The zero-order valence-corrected chi connectivity index (χ0v) is 34.1. The molecule has 2 aliphatic rings. The van der Waals surface area contributed by atoms with Crippen LogP contribution in [0.2, 0.25) is 0 Å². The van der Waals surface area contributed by atoms with Crippen LogP contribution < -0.4 is 9.80 Å². The fourth-order valence-corrected chi connectivity index (χ4v) is 9.57. The second kappa shape index (κ2) is 14.0. The number of nitriles is 1. The van der Waals surface area contributed by atoms with Gasteiger partial charge in [0.25, 0.3) is 0 Å². The molecule has 0 fully saturated rings. The molecule has 2 heterocycles. The summed E-state index contributed by atoms with van der Waals surface area (Å²) >= 11 is 0. The molecule has 0 radical (unpaired) electrons. The van der Waals surface area contributed by atoms with Crippen molar-refractivity contribution >= 4 is 39.8 Å². The zero-order valence-electron chi connectivity index (χ0n) is 34.1. The second-order valence-corrected chi connectivity index (χ2v) is 16.9. The van der Waals surface area contributed by atoms with Crippen LogP contribution in [0.25, 0.3) is 38.2 Å². The number of fused-ring (bicyclic) bond motifs is 4. The summed E-state index contributed by atoms with van der Waals surface area (Å²) in [6.45, 7) is 17.1. The third-order valence-corrected chi connectivity index (χ3v) is 12.6. The van der Waals surface area contributed by atoms with E-state index in [2.05, 4.69) is 194 Å². The molecule has 4 nitrogen and oxygen atoms in total. The van der Waals surface area contributed by atoms with Crippen molar-refractivity contribution in [2.75, 3.05) is 9.80 Å². The first-order chi connectivity index (χ1) is 29.1. The molecule has 60 heavy (non-hydrogen) atoms. The Morgan fingerprint density at radius 2 is 0.800 bits per heavy atom. The molecule has 0 N–H and O–H groups in total. The van der Waals surface area contributed by atoms with Crippen LogP contribution in [0.3, 0.4) is 0 Å². The molecule has 4 heteroatoms. The van der Waals surface area contributed by atoms with Gasteiger partial charge in [-0.3, -0.25) is 0 Å². The van der Waals surface area contributed by atoms with Crippen LogP contribution >= 0.6 is 0 Å². The van der Waals surface area contributed by atoms with Crippen molar-refractivity contribution < 1.29 is 0 Å². The molecule has 0 amide bonds. The lowest BCUT2D eigenvalue weighted by molar-refractivity contribution is 0.631. The van der Waals surface area contributed by atoms with E-state index in [9.17, 15) is 5.26 Å². The van der Waals surface area contributed by atoms with Gasteiger partial charge in [0, 0.05) is 22.2 Å². The molecule has 10 rings (SSSR count). The molecule has 0 aliphatic carbocycles. The third kappa shape index (κ3) is 5.88. The molecule has 2 aliphatic heterocycles.